The molecule has 1 N–H and O–H groups in total. The van der Waals surface area contributed by atoms with Gasteiger partial charge in [-0.2, -0.15) is 0 Å². The fraction of sp³-hybridized carbons (Fsp3) is 1.00. The van der Waals surface area contributed by atoms with Crippen molar-refractivity contribution in [3.63, 3.8) is 0 Å². The SMILES string of the molecule is CC(C)C1(C(C)C)OCC(C)(O)O1. The van der Waals surface area contributed by atoms with E-state index in [-0.39, 0.29) is 18.4 Å². The van der Waals surface area contributed by atoms with Crippen LogP contribution >= 0.6 is 0 Å². The van der Waals surface area contributed by atoms with Gasteiger partial charge in [-0.05, 0) is 6.92 Å². The highest BCUT2D eigenvalue weighted by Crippen LogP contribution is 2.40. The van der Waals surface area contributed by atoms with Gasteiger partial charge in [0.2, 0.25) is 0 Å². The summed E-state index contributed by atoms with van der Waals surface area (Å²) in [6, 6.07) is 0. The van der Waals surface area contributed by atoms with Crippen molar-refractivity contribution in [2.45, 2.75) is 46.2 Å². The zero-order valence-electron chi connectivity index (χ0n) is 9.13. The van der Waals surface area contributed by atoms with Crippen molar-refractivity contribution >= 4 is 0 Å². The quantitative estimate of drug-likeness (QED) is 0.717. The first-order chi connectivity index (χ1) is 5.80. The van der Waals surface area contributed by atoms with E-state index in [1.54, 1.807) is 6.92 Å². The maximum atomic E-state index is 9.68. The van der Waals surface area contributed by atoms with Gasteiger partial charge in [0.25, 0.3) is 0 Å². The Kier molecular flexibility index (Phi) is 2.72. The van der Waals surface area contributed by atoms with Crippen molar-refractivity contribution in [3.05, 3.63) is 0 Å². The lowest BCUT2D eigenvalue weighted by Gasteiger charge is -2.36. The molecule has 0 aliphatic carbocycles. The lowest BCUT2D eigenvalue weighted by Crippen LogP contribution is -2.44. The summed E-state index contributed by atoms with van der Waals surface area (Å²) in [5, 5.41) is 9.68. The van der Waals surface area contributed by atoms with E-state index in [0.29, 0.717) is 0 Å². The minimum absolute atomic E-state index is 0.237. The normalized spacial score (nSPS) is 33.2. The van der Waals surface area contributed by atoms with Crippen LogP contribution in [0.15, 0.2) is 0 Å². The molecule has 0 radical (unpaired) electrons. The van der Waals surface area contributed by atoms with E-state index in [1.165, 1.54) is 0 Å². The third-order valence-corrected chi connectivity index (χ3v) is 2.55. The van der Waals surface area contributed by atoms with Gasteiger partial charge in [0, 0.05) is 11.8 Å². The summed E-state index contributed by atoms with van der Waals surface area (Å²) < 4.78 is 11.2. The lowest BCUT2D eigenvalue weighted by molar-refractivity contribution is -0.276. The first-order valence-corrected chi connectivity index (χ1v) is 4.86. The van der Waals surface area contributed by atoms with Crippen LogP contribution in [0.2, 0.25) is 0 Å². The van der Waals surface area contributed by atoms with Crippen LogP contribution in [0.25, 0.3) is 0 Å². The highest BCUT2D eigenvalue weighted by molar-refractivity contribution is 4.86. The summed E-state index contributed by atoms with van der Waals surface area (Å²) in [4.78, 5) is 0. The van der Waals surface area contributed by atoms with E-state index < -0.39 is 11.6 Å². The predicted molar refractivity (Wildman–Crippen MR) is 50.1 cm³/mol. The Bertz CT molecular complexity index is 177. The van der Waals surface area contributed by atoms with Gasteiger partial charge in [0.1, 0.15) is 6.61 Å². The summed E-state index contributed by atoms with van der Waals surface area (Å²) in [6.45, 7) is 10.1. The van der Waals surface area contributed by atoms with Crippen molar-refractivity contribution in [1.29, 1.82) is 0 Å². The molecular formula is C10H20O3. The predicted octanol–water partition coefficient (Wildman–Crippen LogP) is 1.75. The summed E-state index contributed by atoms with van der Waals surface area (Å²) in [5.41, 5.74) is 0. The summed E-state index contributed by atoms with van der Waals surface area (Å²) in [7, 11) is 0. The highest BCUT2D eigenvalue weighted by atomic mass is 16.8. The average Bonchev–Trinajstić information content (AvgIpc) is 2.27. The van der Waals surface area contributed by atoms with Crippen LogP contribution in [0.4, 0.5) is 0 Å². The van der Waals surface area contributed by atoms with Crippen LogP contribution in [0.3, 0.4) is 0 Å². The molecule has 1 heterocycles. The van der Waals surface area contributed by atoms with Gasteiger partial charge in [0.05, 0.1) is 0 Å². The molecule has 0 amide bonds. The molecule has 0 saturated carbocycles. The molecule has 0 aromatic carbocycles. The van der Waals surface area contributed by atoms with Crippen LogP contribution in [0.5, 0.6) is 0 Å². The molecule has 0 bridgehead atoms. The number of ether oxygens (including phenoxy) is 2. The minimum Gasteiger partial charge on any atom is -0.364 e. The minimum atomic E-state index is -1.13. The van der Waals surface area contributed by atoms with E-state index >= 15 is 0 Å². The van der Waals surface area contributed by atoms with Crippen molar-refractivity contribution in [2.24, 2.45) is 11.8 Å². The topological polar surface area (TPSA) is 38.7 Å². The molecular weight excluding hydrogens is 168 g/mol. The van der Waals surface area contributed by atoms with Gasteiger partial charge in [0.15, 0.2) is 11.6 Å². The van der Waals surface area contributed by atoms with E-state index in [2.05, 4.69) is 0 Å². The fourth-order valence-corrected chi connectivity index (χ4v) is 1.88. The Labute approximate surface area is 80.0 Å². The Morgan fingerprint density at radius 1 is 1.15 bits per heavy atom. The Balaban J connectivity index is 2.84. The summed E-state index contributed by atoms with van der Waals surface area (Å²) in [5.74, 6) is -1.28. The second-order valence-corrected chi connectivity index (χ2v) is 4.60. The van der Waals surface area contributed by atoms with Crippen molar-refractivity contribution in [1.82, 2.24) is 0 Å². The summed E-state index contributed by atoms with van der Waals surface area (Å²) in [6.07, 6.45) is 0. The molecule has 3 nitrogen and oxygen atoms in total. The van der Waals surface area contributed by atoms with Gasteiger partial charge in [-0.3, -0.25) is 0 Å². The van der Waals surface area contributed by atoms with Crippen LogP contribution in [0, 0.1) is 11.8 Å². The number of rotatable bonds is 2. The maximum absolute atomic E-state index is 9.68. The maximum Gasteiger partial charge on any atom is 0.189 e. The third kappa shape index (κ3) is 1.87. The summed E-state index contributed by atoms with van der Waals surface area (Å²) >= 11 is 0. The lowest BCUT2D eigenvalue weighted by atomic mass is 9.91. The molecule has 0 aromatic heterocycles. The average molecular weight is 188 g/mol. The molecule has 3 heteroatoms. The van der Waals surface area contributed by atoms with Crippen LogP contribution in [-0.2, 0) is 9.47 Å². The Morgan fingerprint density at radius 3 is 1.77 bits per heavy atom. The van der Waals surface area contributed by atoms with Crippen molar-refractivity contribution < 1.29 is 14.6 Å². The molecule has 0 aromatic rings. The van der Waals surface area contributed by atoms with E-state index in [4.69, 9.17) is 9.47 Å². The molecule has 1 saturated heterocycles. The van der Waals surface area contributed by atoms with Crippen LogP contribution < -0.4 is 0 Å². The standard InChI is InChI=1S/C10H20O3/c1-7(2)10(8(3)4)12-6-9(5,11)13-10/h7-8,11H,6H2,1-5H3. The molecule has 1 unspecified atom stereocenters. The van der Waals surface area contributed by atoms with E-state index in [1.807, 2.05) is 27.7 Å². The van der Waals surface area contributed by atoms with Crippen LogP contribution in [0.1, 0.15) is 34.6 Å². The number of hydrogen-bond acceptors (Lipinski definition) is 3. The van der Waals surface area contributed by atoms with Gasteiger partial charge >= 0.3 is 0 Å². The van der Waals surface area contributed by atoms with Crippen molar-refractivity contribution in [2.75, 3.05) is 6.61 Å². The third-order valence-electron chi connectivity index (χ3n) is 2.55. The van der Waals surface area contributed by atoms with Crippen LogP contribution in [-0.4, -0.2) is 23.3 Å². The molecule has 13 heavy (non-hydrogen) atoms. The smallest absolute Gasteiger partial charge is 0.189 e. The molecule has 0 spiro atoms. The zero-order valence-corrected chi connectivity index (χ0v) is 9.13. The number of hydrogen-bond donors (Lipinski definition) is 1. The van der Waals surface area contributed by atoms with E-state index in [0.717, 1.165) is 0 Å². The largest absolute Gasteiger partial charge is 0.364 e. The first-order valence-electron chi connectivity index (χ1n) is 4.86. The van der Waals surface area contributed by atoms with Gasteiger partial charge in [-0.25, -0.2) is 0 Å². The molecule has 1 aliphatic rings. The van der Waals surface area contributed by atoms with Gasteiger partial charge in [-0.1, -0.05) is 27.7 Å². The number of aliphatic hydroxyl groups is 1. The second kappa shape index (κ2) is 3.23. The Morgan fingerprint density at radius 2 is 1.62 bits per heavy atom. The van der Waals surface area contributed by atoms with Gasteiger partial charge in [-0.15, -0.1) is 0 Å². The molecule has 1 atom stereocenters. The molecule has 1 fully saturated rings. The molecule has 1 aliphatic heterocycles. The first kappa shape index (κ1) is 11.0. The van der Waals surface area contributed by atoms with E-state index in [9.17, 15) is 5.11 Å². The Hall–Kier alpha value is -0.120. The zero-order chi connectivity index (χ0) is 10.3. The fourth-order valence-electron chi connectivity index (χ4n) is 1.88. The van der Waals surface area contributed by atoms with Crippen molar-refractivity contribution in [3.8, 4) is 0 Å². The molecule has 78 valence electrons. The monoisotopic (exact) mass is 188 g/mol. The van der Waals surface area contributed by atoms with Gasteiger partial charge < -0.3 is 14.6 Å². The second-order valence-electron chi connectivity index (χ2n) is 4.60. The molecule has 1 rings (SSSR count). The highest BCUT2D eigenvalue weighted by Gasteiger charge is 2.51.